The van der Waals surface area contributed by atoms with Crippen molar-refractivity contribution in [2.45, 2.75) is 19.3 Å². The fourth-order valence-corrected chi connectivity index (χ4v) is 1.43. The van der Waals surface area contributed by atoms with Crippen molar-refractivity contribution in [3.63, 3.8) is 0 Å². The molecule has 1 aliphatic heterocycles. The first-order valence-corrected chi connectivity index (χ1v) is 4.82. The summed E-state index contributed by atoms with van der Waals surface area (Å²) in [6, 6.07) is 0. The van der Waals surface area contributed by atoms with Gasteiger partial charge >= 0.3 is 0 Å². The average molecular weight is 169 g/mol. The van der Waals surface area contributed by atoms with E-state index >= 15 is 0 Å². The first kappa shape index (κ1) is 9.75. The van der Waals surface area contributed by atoms with Gasteiger partial charge in [-0.2, -0.15) is 0 Å². The van der Waals surface area contributed by atoms with Gasteiger partial charge in [0.15, 0.2) is 0 Å². The molecule has 1 rings (SSSR count). The lowest BCUT2D eigenvalue weighted by Crippen LogP contribution is -2.15. The second-order valence-electron chi connectivity index (χ2n) is 3.30. The number of ether oxygens (including phenoxy) is 1. The predicted octanol–water partition coefficient (Wildman–Crippen LogP) is 1.58. The summed E-state index contributed by atoms with van der Waals surface area (Å²) < 4.78 is 5.37. The van der Waals surface area contributed by atoms with Gasteiger partial charge in [0.25, 0.3) is 0 Å². The summed E-state index contributed by atoms with van der Waals surface area (Å²) in [6.45, 7) is 2.96. The lowest BCUT2D eigenvalue weighted by atomic mass is 10.0. The van der Waals surface area contributed by atoms with E-state index in [0.29, 0.717) is 5.92 Å². The van der Waals surface area contributed by atoms with Crippen molar-refractivity contribution in [2.24, 2.45) is 5.92 Å². The summed E-state index contributed by atoms with van der Waals surface area (Å²) in [4.78, 5) is 0. The number of rotatable bonds is 4. The van der Waals surface area contributed by atoms with Crippen molar-refractivity contribution in [2.75, 3.05) is 26.8 Å². The normalized spacial score (nSPS) is 24.9. The van der Waals surface area contributed by atoms with Gasteiger partial charge in [0.2, 0.25) is 0 Å². The van der Waals surface area contributed by atoms with E-state index in [-0.39, 0.29) is 0 Å². The predicted molar refractivity (Wildman–Crippen MR) is 51.2 cm³/mol. The second-order valence-corrected chi connectivity index (χ2v) is 3.30. The quantitative estimate of drug-likeness (QED) is 0.509. The van der Waals surface area contributed by atoms with E-state index in [4.69, 9.17) is 4.74 Å². The summed E-state index contributed by atoms with van der Waals surface area (Å²) in [5, 5.41) is 3.12. The third-order valence-corrected chi connectivity index (χ3v) is 2.16. The van der Waals surface area contributed by atoms with Crippen molar-refractivity contribution in [1.82, 2.24) is 5.32 Å². The zero-order chi connectivity index (χ0) is 8.65. The van der Waals surface area contributed by atoms with Crippen molar-refractivity contribution in [1.29, 1.82) is 0 Å². The summed E-state index contributed by atoms with van der Waals surface area (Å²) >= 11 is 0. The highest BCUT2D eigenvalue weighted by Gasteiger charge is 2.09. The Morgan fingerprint density at radius 3 is 3.17 bits per heavy atom. The smallest absolute Gasteiger partial charge is 0.0528 e. The zero-order valence-corrected chi connectivity index (χ0v) is 7.88. The van der Waals surface area contributed by atoms with Crippen LogP contribution in [0.4, 0.5) is 0 Å². The molecule has 2 heteroatoms. The van der Waals surface area contributed by atoms with Gasteiger partial charge in [-0.3, -0.25) is 0 Å². The first-order chi connectivity index (χ1) is 5.93. The van der Waals surface area contributed by atoms with E-state index < -0.39 is 0 Å². The summed E-state index contributed by atoms with van der Waals surface area (Å²) in [5.74, 6) is 0.676. The van der Waals surface area contributed by atoms with Crippen molar-refractivity contribution < 1.29 is 4.74 Å². The maximum atomic E-state index is 5.37. The van der Waals surface area contributed by atoms with E-state index in [1.807, 2.05) is 7.05 Å². The minimum Gasteiger partial charge on any atom is -0.381 e. The summed E-state index contributed by atoms with van der Waals surface area (Å²) in [5.41, 5.74) is 0. The number of nitrogens with one attached hydrogen (secondary N) is 1. The van der Waals surface area contributed by atoms with Gasteiger partial charge in [0.05, 0.1) is 6.61 Å². The fraction of sp³-hybridized carbons (Fsp3) is 0.800. The third kappa shape index (κ3) is 3.88. The largest absolute Gasteiger partial charge is 0.381 e. The Morgan fingerprint density at radius 1 is 1.58 bits per heavy atom. The molecule has 0 bridgehead atoms. The molecule has 70 valence electrons. The van der Waals surface area contributed by atoms with Crippen LogP contribution in [-0.2, 0) is 4.74 Å². The molecule has 0 aromatic heterocycles. The highest BCUT2D eigenvalue weighted by molar-refractivity contribution is 4.89. The lowest BCUT2D eigenvalue weighted by Gasteiger charge is -2.18. The van der Waals surface area contributed by atoms with Crippen LogP contribution in [-0.4, -0.2) is 26.8 Å². The van der Waals surface area contributed by atoms with Crippen molar-refractivity contribution in [3.8, 4) is 0 Å². The molecule has 1 unspecified atom stereocenters. The van der Waals surface area contributed by atoms with E-state index in [9.17, 15) is 0 Å². The topological polar surface area (TPSA) is 21.3 Å². The molecule has 1 aliphatic rings. The maximum absolute atomic E-state index is 5.37. The average Bonchev–Trinajstić information content (AvgIpc) is 2.14. The molecule has 12 heavy (non-hydrogen) atoms. The highest BCUT2D eigenvalue weighted by atomic mass is 16.5. The van der Waals surface area contributed by atoms with Crippen molar-refractivity contribution >= 4 is 0 Å². The molecule has 1 N–H and O–H groups in total. The molecule has 2 nitrogen and oxygen atoms in total. The first-order valence-electron chi connectivity index (χ1n) is 4.82. The van der Waals surface area contributed by atoms with Gasteiger partial charge in [-0.05, 0) is 32.9 Å². The third-order valence-electron chi connectivity index (χ3n) is 2.16. The fourth-order valence-electron chi connectivity index (χ4n) is 1.43. The second kappa shape index (κ2) is 6.21. The Labute approximate surface area is 75.0 Å². The molecular weight excluding hydrogens is 150 g/mol. The van der Waals surface area contributed by atoms with Gasteiger partial charge in [-0.25, -0.2) is 0 Å². The monoisotopic (exact) mass is 169 g/mol. The van der Waals surface area contributed by atoms with Crippen LogP contribution in [0.1, 0.15) is 19.3 Å². The van der Waals surface area contributed by atoms with Crippen LogP contribution in [0.5, 0.6) is 0 Å². The number of hydrogen-bond acceptors (Lipinski definition) is 2. The van der Waals surface area contributed by atoms with E-state index in [0.717, 1.165) is 26.2 Å². The van der Waals surface area contributed by atoms with Crippen LogP contribution < -0.4 is 5.32 Å². The zero-order valence-electron chi connectivity index (χ0n) is 7.88. The van der Waals surface area contributed by atoms with Crippen LogP contribution in [0.3, 0.4) is 0 Å². The molecule has 0 aromatic carbocycles. The van der Waals surface area contributed by atoms with Gasteiger partial charge in [-0.15, -0.1) is 0 Å². The van der Waals surface area contributed by atoms with Gasteiger partial charge in [-0.1, -0.05) is 12.2 Å². The van der Waals surface area contributed by atoms with Crippen LogP contribution in [0.25, 0.3) is 0 Å². The molecule has 0 saturated carbocycles. The van der Waals surface area contributed by atoms with Crippen LogP contribution in [0.15, 0.2) is 12.2 Å². The maximum Gasteiger partial charge on any atom is 0.0528 e. The minimum absolute atomic E-state index is 0.676. The Balaban J connectivity index is 2.07. The minimum atomic E-state index is 0.676. The Kier molecular flexibility index (Phi) is 5.04. The van der Waals surface area contributed by atoms with E-state index in [2.05, 4.69) is 17.5 Å². The van der Waals surface area contributed by atoms with Crippen molar-refractivity contribution in [3.05, 3.63) is 12.2 Å². The molecule has 1 fully saturated rings. The lowest BCUT2D eigenvalue weighted by molar-refractivity contribution is 0.0709. The van der Waals surface area contributed by atoms with Gasteiger partial charge < -0.3 is 10.1 Å². The summed E-state index contributed by atoms with van der Waals surface area (Å²) in [6.07, 6.45) is 8.22. The molecule has 1 atom stereocenters. The Hall–Kier alpha value is -0.340. The Bertz CT molecular complexity index is 128. The molecule has 0 amide bonds. The SMILES string of the molecule is CNCC/C=C/C1CCCOC1. The van der Waals surface area contributed by atoms with Crippen LogP contribution >= 0.6 is 0 Å². The molecule has 1 saturated heterocycles. The molecule has 0 radical (unpaired) electrons. The van der Waals surface area contributed by atoms with Gasteiger partial charge in [0, 0.05) is 12.5 Å². The Morgan fingerprint density at radius 2 is 2.50 bits per heavy atom. The van der Waals surface area contributed by atoms with E-state index in [1.54, 1.807) is 0 Å². The highest BCUT2D eigenvalue weighted by Crippen LogP contribution is 2.14. The van der Waals surface area contributed by atoms with Gasteiger partial charge in [0.1, 0.15) is 0 Å². The molecule has 1 heterocycles. The molecule has 0 aromatic rings. The van der Waals surface area contributed by atoms with Crippen LogP contribution in [0.2, 0.25) is 0 Å². The summed E-state index contributed by atoms with van der Waals surface area (Å²) in [7, 11) is 1.98. The molecule has 0 aliphatic carbocycles. The van der Waals surface area contributed by atoms with Crippen LogP contribution in [0, 0.1) is 5.92 Å². The molecule has 0 spiro atoms. The standard InChI is InChI=1S/C10H19NO/c1-11-7-3-2-5-10-6-4-8-12-9-10/h2,5,10-11H,3-4,6-9H2,1H3/b5-2+. The number of hydrogen-bond donors (Lipinski definition) is 1. The van der Waals surface area contributed by atoms with E-state index in [1.165, 1.54) is 12.8 Å². The molecular formula is C10H19NO.